The summed E-state index contributed by atoms with van der Waals surface area (Å²) < 4.78 is 24.6. The number of fused-ring (bicyclic) bond motifs is 5. The Hall–Kier alpha value is -3.32. The molecule has 3 aliphatic heterocycles. The SMILES string of the molecule is O=C1OC2CC3(C(=O)NCCO)C(ON(Cc4cccc(C=COCCO)c4)C13)C1OC3(Cc4ccccc4C3)OC21. The molecule has 4 fully saturated rings. The lowest BCUT2D eigenvalue weighted by atomic mass is 9.62. The Labute approximate surface area is 242 Å². The highest BCUT2D eigenvalue weighted by molar-refractivity contribution is 5.93. The zero-order chi connectivity index (χ0) is 28.9. The zero-order valence-corrected chi connectivity index (χ0v) is 23.0. The molecule has 5 aliphatic rings. The van der Waals surface area contributed by atoms with Crippen molar-refractivity contribution in [2.45, 2.75) is 62.1 Å². The monoisotopic (exact) mass is 578 g/mol. The second-order valence-electron chi connectivity index (χ2n) is 11.5. The van der Waals surface area contributed by atoms with Gasteiger partial charge in [-0.2, -0.15) is 5.06 Å². The highest BCUT2D eigenvalue weighted by Crippen LogP contribution is 2.58. The minimum absolute atomic E-state index is 0.0527. The first kappa shape index (κ1) is 27.5. The molecule has 1 saturated carbocycles. The van der Waals surface area contributed by atoms with Gasteiger partial charge in [-0.25, -0.2) is 0 Å². The number of rotatable bonds is 9. The summed E-state index contributed by atoms with van der Waals surface area (Å²) in [5.41, 5.74) is 2.72. The Morgan fingerprint density at radius 2 is 1.86 bits per heavy atom. The van der Waals surface area contributed by atoms with Gasteiger partial charge >= 0.3 is 5.97 Å². The number of aliphatic hydroxyl groups excluding tert-OH is 2. The molecule has 2 aromatic carbocycles. The van der Waals surface area contributed by atoms with E-state index < -0.39 is 47.6 Å². The summed E-state index contributed by atoms with van der Waals surface area (Å²) in [6.07, 6.45) is 1.94. The largest absolute Gasteiger partial charge is 0.499 e. The van der Waals surface area contributed by atoms with E-state index in [1.54, 1.807) is 11.1 Å². The van der Waals surface area contributed by atoms with Gasteiger partial charge in [0.1, 0.15) is 36.4 Å². The molecule has 1 spiro atoms. The Bertz CT molecular complexity index is 1370. The molecule has 3 saturated heterocycles. The summed E-state index contributed by atoms with van der Waals surface area (Å²) in [7, 11) is 0. The maximum atomic E-state index is 13.9. The molecule has 2 aliphatic carbocycles. The molecule has 2 aromatic rings. The van der Waals surface area contributed by atoms with Gasteiger partial charge in [-0.3, -0.25) is 14.4 Å². The number of nitrogens with zero attached hydrogens (tertiary/aromatic N) is 1. The van der Waals surface area contributed by atoms with Crippen LogP contribution in [-0.2, 0) is 52.8 Å². The molecule has 2 bridgehead atoms. The summed E-state index contributed by atoms with van der Waals surface area (Å²) in [6, 6.07) is 14.7. The highest BCUT2D eigenvalue weighted by Gasteiger charge is 2.76. The van der Waals surface area contributed by atoms with Crippen LogP contribution >= 0.6 is 0 Å². The van der Waals surface area contributed by atoms with Crippen molar-refractivity contribution in [1.82, 2.24) is 10.4 Å². The number of hydrogen-bond donors (Lipinski definition) is 3. The van der Waals surface area contributed by atoms with Gasteiger partial charge in [0.25, 0.3) is 0 Å². The van der Waals surface area contributed by atoms with E-state index in [-0.39, 0.29) is 45.2 Å². The van der Waals surface area contributed by atoms with Crippen LogP contribution in [0.25, 0.3) is 6.08 Å². The zero-order valence-electron chi connectivity index (χ0n) is 23.0. The summed E-state index contributed by atoms with van der Waals surface area (Å²) in [6.45, 7) is 0.159. The van der Waals surface area contributed by atoms with Gasteiger partial charge < -0.3 is 34.5 Å². The first-order valence-corrected chi connectivity index (χ1v) is 14.4. The fourth-order valence-corrected chi connectivity index (χ4v) is 7.32. The minimum atomic E-state index is -1.29. The normalized spacial score (nSPS) is 32.1. The minimum Gasteiger partial charge on any atom is -0.499 e. The second kappa shape index (κ2) is 10.7. The van der Waals surface area contributed by atoms with Crippen molar-refractivity contribution in [2.24, 2.45) is 5.41 Å². The molecule has 0 aromatic heterocycles. The predicted octanol–water partition coefficient (Wildman–Crippen LogP) is 0.854. The molecule has 222 valence electrons. The predicted molar refractivity (Wildman–Crippen MR) is 146 cm³/mol. The molecule has 3 N–H and O–H groups in total. The fourth-order valence-electron chi connectivity index (χ4n) is 7.32. The Kier molecular flexibility index (Phi) is 7.04. The third-order valence-electron chi connectivity index (χ3n) is 8.97. The number of benzene rings is 2. The smallest absolute Gasteiger partial charge is 0.327 e. The van der Waals surface area contributed by atoms with Gasteiger partial charge in [0.2, 0.25) is 5.91 Å². The number of aliphatic hydroxyl groups is 2. The average Bonchev–Trinajstić information content (AvgIpc) is 3.66. The van der Waals surface area contributed by atoms with E-state index in [4.69, 9.17) is 28.9 Å². The van der Waals surface area contributed by atoms with Crippen molar-refractivity contribution < 1.29 is 43.6 Å². The summed E-state index contributed by atoms with van der Waals surface area (Å²) in [5, 5.41) is 22.7. The maximum absolute atomic E-state index is 13.9. The lowest BCUT2D eigenvalue weighted by Gasteiger charge is -2.48. The van der Waals surface area contributed by atoms with Crippen LogP contribution in [-0.4, -0.2) is 89.8 Å². The number of carbonyl (C=O) groups excluding carboxylic acids is 2. The average molecular weight is 579 g/mol. The lowest BCUT2D eigenvalue weighted by molar-refractivity contribution is -0.217. The van der Waals surface area contributed by atoms with Crippen LogP contribution in [0.3, 0.4) is 0 Å². The van der Waals surface area contributed by atoms with E-state index >= 15 is 0 Å². The third-order valence-corrected chi connectivity index (χ3v) is 8.97. The van der Waals surface area contributed by atoms with E-state index in [0.29, 0.717) is 12.8 Å². The lowest BCUT2D eigenvalue weighted by Crippen LogP contribution is -2.69. The topological polar surface area (TPSA) is 136 Å². The Morgan fingerprint density at radius 3 is 2.62 bits per heavy atom. The number of amides is 1. The molecule has 3 heterocycles. The van der Waals surface area contributed by atoms with E-state index in [1.807, 2.05) is 36.4 Å². The van der Waals surface area contributed by atoms with E-state index in [2.05, 4.69) is 17.4 Å². The Balaban J connectivity index is 1.20. The molecule has 1 amide bonds. The van der Waals surface area contributed by atoms with Crippen LogP contribution in [0.15, 0.2) is 54.8 Å². The van der Waals surface area contributed by atoms with Crippen molar-refractivity contribution in [3.8, 4) is 0 Å². The number of esters is 1. The summed E-state index contributed by atoms with van der Waals surface area (Å²) in [5.74, 6) is -1.83. The van der Waals surface area contributed by atoms with E-state index in [9.17, 15) is 14.7 Å². The molecule has 7 rings (SSSR count). The third kappa shape index (κ3) is 4.43. The van der Waals surface area contributed by atoms with Crippen molar-refractivity contribution in [2.75, 3.05) is 26.4 Å². The molecular weight excluding hydrogens is 544 g/mol. The molecular formula is C31H34N2O9. The van der Waals surface area contributed by atoms with Crippen molar-refractivity contribution in [1.29, 1.82) is 0 Å². The summed E-state index contributed by atoms with van der Waals surface area (Å²) >= 11 is 0. The van der Waals surface area contributed by atoms with Gasteiger partial charge in [0.15, 0.2) is 11.8 Å². The van der Waals surface area contributed by atoms with Crippen molar-refractivity contribution in [3.63, 3.8) is 0 Å². The summed E-state index contributed by atoms with van der Waals surface area (Å²) in [4.78, 5) is 34.2. The quantitative estimate of drug-likeness (QED) is 0.223. The number of hydrogen-bond acceptors (Lipinski definition) is 10. The molecule has 6 unspecified atom stereocenters. The standard InChI is InChI=1S/C31H34N2O9/c34-10-9-32-29(37)31-17-23-24-25(41-30(40-24)15-21-6-1-2-7-22(21)16-30)27(31)42-33(26(31)28(36)39-23)18-20-5-3-4-19(14-20)8-12-38-13-11-35/h1-8,12,14,23-27,34-35H,9-11,13,15-18H2,(H,32,37). The molecule has 42 heavy (non-hydrogen) atoms. The number of hydroxylamine groups is 2. The first-order valence-electron chi connectivity index (χ1n) is 14.4. The van der Waals surface area contributed by atoms with Gasteiger partial charge in [0.05, 0.1) is 26.0 Å². The molecule has 0 radical (unpaired) electrons. The Morgan fingerprint density at radius 1 is 1.07 bits per heavy atom. The van der Waals surface area contributed by atoms with Crippen LogP contribution in [0.2, 0.25) is 0 Å². The number of carbonyl (C=O) groups is 2. The van der Waals surface area contributed by atoms with E-state index in [0.717, 1.165) is 22.3 Å². The van der Waals surface area contributed by atoms with Crippen LogP contribution in [0.5, 0.6) is 0 Å². The molecule has 11 nitrogen and oxygen atoms in total. The van der Waals surface area contributed by atoms with Crippen molar-refractivity contribution in [3.05, 3.63) is 77.0 Å². The van der Waals surface area contributed by atoms with Gasteiger partial charge in [-0.05, 0) is 28.3 Å². The molecule has 6 atom stereocenters. The van der Waals surface area contributed by atoms with E-state index in [1.165, 1.54) is 6.26 Å². The van der Waals surface area contributed by atoms with Crippen LogP contribution in [0.1, 0.15) is 28.7 Å². The highest BCUT2D eigenvalue weighted by atomic mass is 16.8. The molecule has 11 heteroatoms. The number of ether oxygens (including phenoxy) is 4. The fraction of sp³-hybridized carbons (Fsp3) is 0.484. The second-order valence-corrected chi connectivity index (χ2v) is 11.5. The van der Waals surface area contributed by atoms with Crippen molar-refractivity contribution >= 4 is 18.0 Å². The van der Waals surface area contributed by atoms with Crippen LogP contribution in [0.4, 0.5) is 0 Å². The van der Waals surface area contributed by atoms with Gasteiger partial charge in [0, 0.05) is 25.8 Å². The maximum Gasteiger partial charge on any atom is 0.327 e. The van der Waals surface area contributed by atoms with Gasteiger partial charge in [-0.15, -0.1) is 0 Å². The van der Waals surface area contributed by atoms with Crippen LogP contribution in [0, 0.1) is 5.41 Å². The van der Waals surface area contributed by atoms with Crippen LogP contribution < -0.4 is 5.32 Å². The first-order chi connectivity index (χ1) is 20.5. The number of nitrogens with one attached hydrogen (secondary N) is 1. The van der Waals surface area contributed by atoms with Gasteiger partial charge in [-0.1, -0.05) is 48.5 Å².